The molecule has 3 heteroatoms. The third-order valence-electron chi connectivity index (χ3n) is 3.68. The topological polar surface area (TPSA) is 58.3 Å². The summed E-state index contributed by atoms with van der Waals surface area (Å²) in [6, 6.07) is 8.85. The first-order valence-corrected chi connectivity index (χ1v) is 6.34. The van der Waals surface area contributed by atoms with E-state index >= 15 is 0 Å². The minimum atomic E-state index is -0.0156. The number of hydrogen-bond acceptors (Lipinski definition) is 3. The van der Waals surface area contributed by atoms with E-state index in [1.165, 1.54) is 11.1 Å². The Bertz CT molecular complexity index is 353. The van der Waals surface area contributed by atoms with Crippen molar-refractivity contribution in [2.75, 3.05) is 13.2 Å². The zero-order chi connectivity index (χ0) is 12.3. The first kappa shape index (κ1) is 12.6. The zero-order valence-corrected chi connectivity index (χ0v) is 10.4. The summed E-state index contributed by atoms with van der Waals surface area (Å²) in [7, 11) is 0. The number of benzene rings is 1. The molecule has 1 aromatic rings. The summed E-state index contributed by atoms with van der Waals surface area (Å²) in [5.41, 5.74) is 8.76. The van der Waals surface area contributed by atoms with Crippen molar-refractivity contribution in [1.29, 1.82) is 0 Å². The first-order valence-electron chi connectivity index (χ1n) is 6.34. The molecule has 1 aliphatic carbocycles. The monoisotopic (exact) mass is 234 g/mol. The van der Waals surface area contributed by atoms with Crippen LogP contribution < -0.4 is 11.1 Å². The fourth-order valence-electron chi connectivity index (χ4n) is 2.79. The van der Waals surface area contributed by atoms with Crippen molar-refractivity contribution in [2.45, 2.75) is 37.8 Å². The van der Waals surface area contributed by atoms with Crippen LogP contribution in [0.15, 0.2) is 24.3 Å². The highest BCUT2D eigenvalue weighted by Crippen LogP contribution is 2.29. The second-order valence-corrected chi connectivity index (χ2v) is 5.16. The summed E-state index contributed by atoms with van der Waals surface area (Å²) >= 11 is 0. The molecule has 2 rings (SSSR count). The van der Waals surface area contributed by atoms with Crippen molar-refractivity contribution >= 4 is 0 Å². The Labute approximate surface area is 103 Å². The van der Waals surface area contributed by atoms with Crippen molar-refractivity contribution in [3.63, 3.8) is 0 Å². The predicted molar refractivity (Wildman–Crippen MR) is 69.9 cm³/mol. The molecule has 0 heterocycles. The van der Waals surface area contributed by atoms with Gasteiger partial charge in [0, 0.05) is 24.7 Å². The van der Waals surface area contributed by atoms with Gasteiger partial charge in [-0.05, 0) is 37.3 Å². The molecule has 0 radical (unpaired) electrons. The van der Waals surface area contributed by atoms with Crippen LogP contribution in [0.1, 0.15) is 24.5 Å². The van der Waals surface area contributed by atoms with E-state index in [0.717, 1.165) is 19.3 Å². The Kier molecular flexibility index (Phi) is 3.82. The summed E-state index contributed by atoms with van der Waals surface area (Å²) in [6.07, 6.45) is 2.77. The highest BCUT2D eigenvalue weighted by Gasteiger charge is 2.36. The lowest BCUT2D eigenvalue weighted by molar-refractivity contribution is 0.239. The third kappa shape index (κ3) is 2.68. The molecule has 0 bridgehead atoms. The van der Waals surface area contributed by atoms with Gasteiger partial charge in [-0.2, -0.15) is 0 Å². The lowest BCUT2D eigenvalue weighted by Crippen LogP contribution is -2.55. The largest absolute Gasteiger partial charge is 0.396 e. The first-order chi connectivity index (χ1) is 8.19. The molecular weight excluding hydrogens is 212 g/mol. The van der Waals surface area contributed by atoms with Crippen LogP contribution in [0.4, 0.5) is 0 Å². The minimum Gasteiger partial charge on any atom is -0.396 e. The molecule has 0 aliphatic heterocycles. The molecule has 94 valence electrons. The summed E-state index contributed by atoms with van der Waals surface area (Å²) in [5.74, 6) is 0. The van der Waals surface area contributed by atoms with Gasteiger partial charge < -0.3 is 16.2 Å². The molecule has 1 atom stereocenters. The van der Waals surface area contributed by atoms with Gasteiger partial charge in [-0.1, -0.05) is 24.3 Å². The van der Waals surface area contributed by atoms with Crippen LogP contribution in [0.25, 0.3) is 0 Å². The van der Waals surface area contributed by atoms with Gasteiger partial charge in [0.05, 0.1) is 0 Å². The van der Waals surface area contributed by atoms with Crippen molar-refractivity contribution in [3.05, 3.63) is 35.4 Å². The second kappa shape index (κ2) is 5.17. The Morgan fingerprint density at radius 2 is 1.94 bits per heavy atom. The predicted octanol–water partition coefficient (Wildman–Crippen LogP) is 0.843. The number of nitrogens with one attached hydrogen (secondary N) is 1. The molecule has 4 N–H and O–H groups in total. The number of rotatable bonds is 5. The zero-order valence-electron chi connectivity index (χ0n) is 10.4. The van der Waals surface area contributed by atoms with Crippen molar-refractivity contribution in [1.82, 2.24) is 5.32 Å². The maximum absolute atomic E-state index is 8.97. The molecule has 0 aromatic heterocycles. The van der Waals surface area contributed by atoms with Gasteiger partial charge in [0.25, 0.3) is 0 Å². The average molecular weight is 234 g/mol. The average Bonchev–Trinajstić information content (AvgIpc) is 2.67. The smallest absolute Gasteiger partial charge is 0.0445 e. The SMILES string of the molecule is CC(CCO)NC1(CN)Cc2ccccc2C1. The van der Waals surface area contributed by atoms with Gasteiger partial charge in [-0.3, -0.25) is 0 Å². The normalized spacial score (nSPS) is 19.0. The standard InChI is InChI=1S/C14H22N2O/c1-11(6-7-17)16-14(10-15)8-12-4-2-3-5-13(12)9-14/h2-5,11,16-17H,6-10,15H2,1H3. The van der Waals surface area contributed by atoms with Gasteiger partial charge in [0.2, 0.25) is 0 Å². The van der Waals surface area contributed by atoms with Crippen LogP contribution in [-0.2, 0) is 12.8 Å². The number of hydrogen-bond donors (Lipinski definition) is 3. The van der Waals surface area contributed by atoms with Gasteiger partial charge in [0.15, 0.2) is 0 Å². The molecule has 0 saturated carbocycles. The van der Waals surface area contributed by atoms with E-state index in [9.17, 15) is 0 Å². The summed E-state index contributed by atoms with van der Waals surface area (Å²) in [4.78, 5) is 0. The van der Waals surface area contributed by atoms with Gasteiger partial charge >= 0.3 is 0 Å². The minimum absolute atomic E-state index is 0.0156. The number of aliphatic hydroxyl groups is 1. The highest BCUT2D eigenvalue weighted by atomic mass is 16.3. The second-order valence-electron chi connectivity index (χ2n) is 5.16. The van der Waals surface area contributed by atoms with E-state index in [1.807, 2.05) is 0 Å². The molecule has 1 aliphatic rings. The van der Waals surface area contributed by atoms with E-state index in [4.69, 9.17) is 10.8 Å². The quantitative estimate of drug-likeness (QED) is 0.707. The van der Waals surface area contributed by atoms with Crippen LogP contribution in [0.2, 0.25) is 0 Å². The van der Waals surface area contributed by atoms with Crippen LogP contribution in [-0.4, -0.2) is 29.8 Å². The molecule has 17 heavy (non-hydrogen) atoms. The summed E-state index contributed by atoms with van der Waals surface area (Å²) in [6.45, 7) is 2.97. The van der Waals surface area contributed by atoms with Crippen molar-refractivity contribution < 1.29 is 5.11 Å². The Morgan fingerprint density at radius 1 is 1.35 bits per heavy atom. The van der Waals surface area contributed by atoms with Crippen LogP contribution in [0, 0.1) is 0 Å². The molecular formula is C14H22N2O. The van der Waals surface area contributed by atoms with Crippen LogP contribution >= 0.6 is 0 Å². The van der Waals surface area contributed by atoms with Crippen molar-refractivity contribution in [2.24, 2.45) is 5.73 Å². The molecule has 1 unspecified atom stereocenters. The van der Waals surface area contributed by atoms with Gasteiger partial charge in [-0.25, -0.2) is 0 Å². The fourth-order valence-corrected chi connectivity index (χ4v) is 2.79. The van der Waals surface area contributed by atoms with Crippen LogP contribution in [0.5, 0.6) is 0 Å². The van der Waals surface area contributed by atoms with Gasteiger partial charge in [0.1, 0.15) is 0 Å². The molecule has 3 nitrogen and oxygen atoms in total. The summed E-state index contributed by atoms with van der Waals surface area (Å²) in [5, 5.41) is 12.6. The van der Waals surface area contributed by atoms with E-state index < -0.39 is 0 Å². The maximum atomic E-state index is 8.97. The summed E-state index contributed by atoms with van der Waals surface area (Å²) < 4.78 is 0. The molecule has 0 spiro atoms. The number of nitrogens with two attached hydrogens (primary N) is 1. The molecule has 0 amide bonds. The van der Waals surface area contributed by atoms with Crippen molar-refractivity contribution in [3.8, 4) is 0 Å². The fraction of sp³-hybridized carbons (Fsp3) is 0.571. The van der Waals surface area contributed by atoms with E-state index in [1.54, 1.807) is 0 Å². The van der Waals surface area contributed by atoms with Crippen LogP contribution in [0.3, 0.4) is 0 Å². The molecule has 0 saturated heterocycles. The molecule has 1 aromatic carbocycles. The molecule has 0 fully saturated rings. The van der Waals surface area contributed by atoms with E-state index in [-0.39, 0.29) is 12.1 Å². The Hall–Kier alpha value is -0.900. The third-order valence-corrected chi connectivity index (χ3v) is 3.68. The lowest BCUT2D eigenvalue weighted by Gasteiger charge is -2.32. The Balaban J connectivity index is 2.09. The van der Waals surface area contributed by atoms with E-state index in [2.05, 4.69) is 36.5 Å². The lowest BCUT2D eigenvalue weighted by atomic mass is 9.94. The highest BCUT2D eigenvalue weighted by molar-refractivity contribution is 5.36. The van der Waals surface area contributed by atoms with Gasteiger partial charge in [-0.15, -0.1) is 0 Å². The van der Waals surface area contributed by atoms with E-state index in [0.29, 0.717) is 12.6 Å². The number of aliphatic hydroxyl groups excluding tert-OH is 1. The number of fused-ring (bicyclic) bond motifs is 1. The Morgan fingerprint density at radius 3 is 2.41 bits per heavy atom. The maximum Gasteiger partial charge on any atom is 0.0445 e.